The minimum absolute atomic E-state index is 0.134. The van der Waals surface area contributed by atoms with E-state index in [-0.39, 0.29) is 6.10 Å². The van der Waals surface area contributed by atoms with Gasteiger partial charge in [-0.15, -0.1) is 0 Å². The Morgan fingerprint density at radius 2 is 2.15 bits per heavy atom. The van der Waals surface area contributed by atoms with E-state index < -0.39 is 0 Å². The first-order valence-corrected chi connectivity index (χ1v) is 7.47. The number of nitrogens with zero attached hydrogens (tertiary/aromatic N) is 1. The maximum absolute atomic E-state index is 6.22. The molecule has 0 saturated carbocycles. The number of nitrogen functional groups attached to an aromatic ring is 1. The van der Waals surface area contributed by atoms with Gasteiger partial charge in [-0.2, -0.15) is 0 Å². The van der Waals surface area contributed by atoms with Crippen LogP contribution in [0.1, 0.15) is 27.2 Å². The van der Waals surface area contributed by atoms with E-state index in [1.165, 1.54) is 0 Å². The van der Waals surface area contributed by atoms with Gasteiger partial charge < -0.3 is 20.7 Å². The highest BCUT2D eigenvalue weighted by molar-refractivity contribution is 5.73. The summed E-state index contributed by atoms with van der Waals surface area (Å²) in [5.41, 5.74) is 7.93. The molecule has 20 heavy (non-hydrogen) atoms. The minimum atomic E-state index is 0.134. The highest BCUT2D eigenvalue weighted by atomic mass is 16.5. The van der Waals surface area contributed by atoms with E-state index in [1.807, 2.05) is 32.0 Å². The summed E-state index contributed by atoms with van der Waals surface area (Å²) < 4.78 is 5.75. The molecule has 0 aliphatic carbocycles. The van der Waals surface area contributed by atoms with Gasteiger partial charge in [0, 0.05) is 12.6 Å². The van der Waals surface area contributed by atoms with Crippen molar-refractivity contribution in [1.29, 1.82) is 0 Å². The fourth-order valence-electron chi connectivity index (χ4n) is 2.79. The zero-order chi connectivity index (χ0) is 14.7. The lowest BCUT2D eigenvalue weighted by Gasteiger charge is -2.36. The number of likely N-dealkylation sites (tertiary alicyclic amines) is 1. The Balaban J connectivity index is 2.09. The summed E-state index contributed by atoms with van der Waals surface area (Å²) in [5.74, 6) is 1.38. The highest BCUT2D eigenvalue weighted by Gasteiger charge is 2.24. The average Bonchev–Trinajstić information content (AvgIpc) is 2.36. The molecule has 1 heterocycles. The molecule has 1 aliphatic heterocycles. The first kappa shape index (κ1) is 15.0. The van der Waals surface area contributed by atoms with Crippen LogP contribution < -0.4 is 15.8 Å². The van der Waals surface area contributed by atoms with E-state index in [4.69, 9.17) is 10.5 Å². The van der Waals surface area contributed by atoms with Gasteiger partial charge in [-0.05, 0) is 51.9 Å². The van der Waals surface area contributed by atoms with Crippen LogP contribution in [0.3, 0.4) is 0 Å². The third kappa shape index (κ3) is 3.57. The molecule has 1 fully saturated rings. The van der Waals surface area contributed by atoms with Gasteiger partial charge in [0.25, 0.3) is 0 Å². The number of hydrogen-bond acceptors (Lipinski definition) is 4. The molecule has 0 spiro atoms. The Bertz CT molecular complexity index is 447. The number of nitrogens with one attached hydrogen (secondary N) is 1. The van der Waals surface area contributed by atoms with Gasteiger partial charge >= 0.3 is 0 Å². The number of anilines is 2. The molecule has 4 heteroatoms. The molecule has 2 rings (SSSR count). The molecule has 1 aromatic rings. The van der Waals surface area contributed by atoms with Crippen LogP contribution in [0, 0.1) is 5.92 Å². The van der Waals surface area contributed by atoms with Gasteiger partial charge in [0.1, 0.15) is 5.75 Å². The lowest BCUT2D eigenvalue weighted by molar-refractivity contribution is 0.206. The summed E-state index contributed by atoms with van der Waals surface area (Å²) in [5, 5.41) is 3.60. The first-order chi connectivity index (χ1) is 9.47. The molecule has 0 amide bonds. The molecule has 1 aromatic carbocycles. The Hall–Kier alpha value is -1.42. The van der Waals surface area contributed by atoms with Crippen LogP contribution in [0.15, 0.2) is 18.2 Å². The first-order valence-electron chi connectivity index (χ1n) is 7.47. The quantitative estimate of drug-likeness (QED) is 0.831. The van der Waals surface area contributed by atoms with E-state index in [1.54, 1.807) is 0 Å². The van der Waals surface area contributed by atoms with Gasteiger partial charge in [-0.25, -0.2) is 0 Å². The second-order valence-corrected chi connectivity index (χ2v) is 6.16. The van der Waals surface area contributed by atoms with Crippen LogP contribution in [0.25, 0.3) is 0 Å². The summed E-state index contributed by atoms with van der Waals surface area (Å²) in [6, 6.07) is 6.44. The standard InChI is InChI=1S/C16H27N3O/c1-11(2)20-15-7-5-6-14(16(15)17)18-13-8-9-19(4)10-12(13)3/h5-7,11-13,18H,8-10,17H2,1-4H3. The Morgan fingerprint density at radius 3 is 2.80 bits per heavy atom. The minimum Gasteiger partial charge on any atom is -0.489 e. The summed E-state index contributed by atoms with van der Waals surface area (Å²) in [7, 11) is 2.18. The molecule has 0 aromatic heterocycles. The fraction of sp³-hybridized carbons (Fsp3) is 0.625. The van der Waals surface area contributed by atoms with Crippen molar-refractivity contribution < 1.29 is 4.74 Å². The van der Waals surface area contributed by atoms with Crippen LogP contribution in [0.2, 0.25) is 0 Å². The van der Waals surface area contributed by atoms with Crippen molar-refractivity contribution in [2.75, 3.05) is 31.2 Å². The van der Waals surface area contributed by atoms with Crippen LogP contribution in [-0.2, 0) is 0 Å². The predicted molar refractivity (Wildman–Crippen MR) is 85.3 cm³/mol. The third-order valence-corrected chi connectivity index (χ3v) is 3.88. The molecule has 4 nitrogen and oxygen atoms in total. The van der Waals surface area contributed by atoms with Crippen molar-refractivity contribution in [3.8, 4) is 5.75 Å². The summed E-state index contributed by atoms with van der Waals surface area (Å²) in [6.07, 6.45) is 1.28. The summed E-state index contributed by atoms with van der Waals surface area (Å²) >= 11 is 0. The molecule has 2 unspecified atom stereocenters. The number of para-hydroxylation sites is 1. The topological polar surface area (TPSA) is 50.5 Å². The van der Waals surface area contributed by atoms with Gasteiger partial charge in [0.05, 0.1) is 17.5 Å². The average molecular weight is 277 g/mol. The molecule has 0 bridgehead atoms. The predicted octanol–water partition coefficient (Wildman–Crippen LogP) is 2.81. The van der Waals surface area contributed by atoms with E-state index in [9.17, 15) is 0 Å². The molecular formula is C16H27N3O. The molecule has 112 valence electrons. The number of nitrogens with two attached hydrogens (primary N) is 1. The third-order valence-electron chi connectivity index (χ3n) is 3.88. The van der Waals surface area contributed by atoms with Gasteiger partial charge in [-0.3, -0.25) is 0 Å². The zero-order valence-corrected chi connectivity index (χ0v) is 13.0. The molecule has 1 aliphatic rings. The largest absolute Gasteiger partial charge is 0.489 e. The van der Waals surface area contributed by atoms with Gasteiger partial charge in [0.15, 0.2) is 0 Å². The number of hydrogen-bond donors (Lipinski definition) is 2. The number of ether oxygens (including phenoxy) is 1. The number of piperidine rings is 1. The normalized spacial score (nSPS) is 23.9. The molecular weight excluding hydrogens is 250 g/mol. The van der Waals surface area contributed by atoms with Crippen LogP contribution in [0.4, 0.5) is 11.4 Å². The van der Waals surface area contributed by atoms with Crippen LogP contribution in [-0.4, -0.2) is 37.2 Å². The summed E-state index contributed by atoms with van der Waals surface area (Å²) in [6.45, 7) is 8.57. The lowest BCUT2D eigenvalue weighted by Crippen LogP contribution is -2.43. The molecule has 0 radical (unpaired) electrons. The van der Waals surface area contributed by atoms with Crippen molar-refractivity contribution >= 4 is 11.4 Å². The SMILES string of the molecule is CC(C)Oc1cccc(NC2CCN(C)CC2C)c1N. The van der Waals surface area contributed by atoms with Crippen molar-refractivity contribution in [2.24, 2.45) is 5.92 Å². The van der Waals surface area contributed by atoms with E-state index >= 15 is 0 Å². The van der Waals surface area contributed by atoms with Crippen molar-refractivity contribution in [2.45, 2.75) is 39.3 Å². The lowest BCUT2D eigenvalue weighted by atomic mass is 9.94. The van der Waals surface area contributed by atoms with E-state index in [2.05, 4.69) is 24.2 Å². The van der Waals surface area contributed by atoms with Gasteiger partial charge in [0.2, 0.25) is 0 Å². The number of benzene rings is 1. The maximum atomic E-state index is 6.22. The second kappa shape index (κ2) is 6.35. The van der Waals surface area contributed by atoms with Crippen molar-refractivity contribution in [3.05, 3.63) is 18.2 Å². The monoisotopic (exact) mass is 277 g/mol. The Labute approximate surface area is 122 Å². The fourth-order valence-corrected chi connectivity index (χ4v) is 2.79. The Kier molecular flexibility index (Phi) is 4.76. The second-order valence-electron chi connectivity index (χ2n) is 6.16. The highest BCUT2D eigenvalue weighted by Crippen LogP contribution is 2.32. The molecule has 2 atom stereocenters. The Morgan fingerprint density at radius 1 is 1.40 bits per heavy atom. The van der Waals surface area contributed by atoms with Gasteiger partial charge in [-0.1, -0.05) is 13.0 Å². The number of rotatable bonds is 4. The van der Waals surface area contributed by atoms with E-state index in [0.29, 0.717) is 17.6 Å². The summed E-state index contributed by atoms with van der Waals surface area (Å²) in [4.78, 5) is 2.38. The van der Waals surface area contributed by atoms with Crippen molar-refractivity contribution in [1.82, 2.24) is 4.90 Å². The molecule has 1 saturated heterocycles. The smallest absolute Gasteiger partial charge is 0.144 e. The zero-order valence-electron chi connectivity index (χ0n) is 13.0. The van der Waals surface area contributed by atoms with Crippen molar-refractivity contribution in [3.63, 3.8) is 0 Å². The maximum Gasteiger partial charge on any atom is 0.144 e. The van der Waals surface area contributed by atoms with E-state index in [0.717, 1.165) is 30.9 Å². The van der Waals surface area contributed by atoms with Crippen LogP contribution >= 0.6 is 0 Å². The molecule has 3 N–H and O–H groups in total. The van der Waals surface area contributed by atoms with Crippen LogP contribution in [0.5, 0.6) is 5.75 Å².